The molecule has 0 saturated carbocycles. The molecule has 0 aliphatic carbocycles. The second kappa shape index (κ2) is 8.45. The summed E-state index contributed by atoms with van der Waals surface area (Å²) < 4.78 is 58.4. The van der Waals surface area contributed by atoms with Gasteiger partial charge in [0.05, 0.1) is 18.9 Å². The van der Waals surface area contributed by atoms with Gasteiger partial charge in [0.25, 0.3) is 10.0 Å². The number of hydrogen-bond acceptors (Lipinski definition) is 5. The lowest BCUT2D eigenvalue weighted by Crippen LogP contribution is -2.14. The summed E-state index contributed by atoms with van der Waals surface area (Å²) in [5.74, 6) is -1.20. The third-order valence-corrected chi connectivity index (χ3v) is 5.34. The highest BCUT2D eigenvalue weighted by Crippen LogP contribution is 2.19. The van der Waals surface area contributed by atoms with Gasteiger partial charge in [0.15, 0.2) is 0 Å². The topological polar surface area (TPSA) is 80.3 Å². The van der Waals surface area contributed by atoms with E-state index < -0.39 is 21.7 Å². The predicted molar refractivity (Wildman–Crippen MR) is 98.0 cm³/mol. The molecule has 0 fully saturated rings. The number of nitrogens with one attached hydrogen (secondary N) is 2. The van der Waals surface area contributed by atoms with Crippen molar-refractivity contribution >= 4 is 21.5 Å². The maximum absolute atomic E-state index is 13.2. The molecule has 0 saturated heterocycles. The zero-order chi connectivity index (χ0) is 19.3. The monoisotopic (exact) mass is 395 g/mol. The number of benzene rings is 1. The molecule has 1 aliphatic heterocycles. The minimum Gasteiger partial charge on any atom is -0.377 e. The van der Waals surface area contributed by atoms with Crippen LogP contribution in [-0.4, -0.2) is 33.2 Å². The molecule has 0 amide bonds. The highest BCUT2D eigenvalue weighted by molar-refractivity contribution is 7.92. The maximum atomic E-state index is 13.2. The van der Waals surface area contributed by atoms with Crippen molar-refractivity contribution in [3.05, 3.63) is 59.8 Å². The zero-order valence-electron chi connectivity index (χ0n) is 14.4. The average Bonchev–Trinajstić information content (AvgIpc) is 2.62. The van der Waals surface area contributed by atoms with Crippen LogP contribution in [0.3, 0.4) is 0 Å². The van der Waals surface area contributed by atoms with Crippen LogP contribution >= 0.6 is 0 Å². The molecule has 2 aromatic rings. The number of sulfonamides is 1. The lowest BCUT2D eigenvalue weighted by molar-refractivity contribution is 0.153. The summed E-state index contributed by atoms with van der Waals surface area (Å²) in [6.45, 7) is 2.05. The maximum Gasteiger partial charge on any atom is 0.263 e. The van der Waals surface area contributed by atoms with Crippen molar-refractivity contribution < 1.29 is 21.9 Å². The molecule has 144 valence electrons. The third kappa shape index (κ3) is 5.48. The Labute approximate surface area is 156 Å². The van der Waals surface area contributed by atoms with Gasteiger partial charge in [0.1, 0.15) is 22.3 Å². The molecule has 2 N–H and O–H groups in total. The molecule has 6 nitrogen and oxygen atoms in total. The van der Waals surface area contributed by atoms with Crippen molar-refractivity contribution in [3.63, 3.8) is 0 Å². The van der Waals surface area contributed by atoms with Crippen LogP contribution in [0.5, 0.6) is 0 Å². The fourth-order valence-electron chi connectivity index (χ4n) is 2.61. The largest absolute Gasteiger partial charge is 0.377 e. The van der Waals surface area contributed by atoms with Crippen LogP contribution in [0.15, 0.2) is 53.1 Å². The van der Waals surface area contributed by atoms with Crippen LogP contribution in [0.4, 0.5) is 20.3 Å². The molecule has 0 atom stereocenters. The van der Waals surface area contributed by atoms with Crippen LogP contribution < -0.4 is 10.0 Å². The van der Waals surface area contributed by atoms with Gasteiger partial charge < -0.3 is 10.1 Å². The lowest BCUT2D eigenvalue weighted by Gasteiger charge is -2.14. The van der Waals surface area contributed by atoms with Gasteiger partial charge in [-0.3, -0.25) is 4.72 Å². The summed E-state index contributed by atoms with van der Waals surface area (Å²) in [5.41, 5.74) is 1.12. The van der Waals surface area contributed by atoms with Crippen molar-refractivity contribution in [2.75, 3.05) is 29.8 Å². The van der Waals surface area contributed by atoms with E-state index in [0.29, 0.717) is 25.0 Å². The fraction of sp³-hybridized carbons (Fsp3) is 0.278. The minimum absolute atomic E-state index is 0.107. The molecular weight excluding hydrogens is 376 g/mol. The number of nitrogens with zero attached hydrogens (tertiary/aromatic N) is 1. The molecule has 0 spiro atoms. The number of halogens is 2. The van der Waals surface area contributed by atoms with E-state index in [0.717, 1.165) is 31.6 Å². The van der Waals surface area contributed by atoms with Crippen molar-refractivity contribution in [1.82, 2.24) is 4.98 Å². The van der Waals surface area contributed by atoms with E-state index in [1.54, 1.807) is 6.07 Å². The number of pyridine rings is 1. The molecule has 9 heteroatoms. The zero-order valence-corrected chi connectivity index (χ0v) is 15.2. The summed E-state index contributed by atoms with van der Waals surface area (Å²) in [7, 11) is -4.00. The summed E-state index contributed by atoms with van der Waals surface area (Å²) in [4.78, 5) is 3.98. The standard InChI is InChI=1S/C18H19F2N3O3S/c19-14-9-15(20)11-16(10-14)23-27(24,25)17-1-2-18(22-12-17)21-6-3-13-4-7-26-8-5-13/h1-2,4,9-12,23H,3,5-8H2,(H,21,22). The van der Waals surface area contributed by atoms with Gasteiger partial charge in [0, 0.05) is 18.8 Å². The fourth-order valence-corrected chi connectivity index (χ4v) is 3.60. The number of aromatic nitrogens is 1. The van der Waals surface area contributed by atoms with Crippen molar-refractivity contribution in [1.29, 1.82) is 0 Å². The Morgan fingerprint density at radius 3 is 2.56 bits per heavy atom. The highest BCUT2D eigenvalue weighted by Gasteiger charge is 2.16. The van der Waals surface area contributed by atoms with Crippen LogP contribution in [0, 0.1) is 11.6 Å². The quantitative estimate of drug-likeness (QED) is 0.703. The molecule has 1 aromatic heterocycles. The van der Waals surface area contributed by atoms with Gasteiger partial charge in [-0.05, 0) is 37.1 Å². The Morgan fingerprint density at radius 2 is 1.93 bits per heavy atom. The van der Waals surface area contributed by atoms with E-state index in [1.807, 2.05) is 0 Å². The SMILES string of the molecule is O=S(=O)(Nc1cc(F)cc(F)c1)c1ccc(NCCC2=CCOCC2)nc1. The first-order chi connectivity index (χ1) is 12.9. The van der Waals surface area contributed by atoms with Crippen LogP contribution in [-0.2, 0) is 14.8 Å². The Morgan fingerprint density at radius 1 is 1.15 bits per heavy atom. The van der Waals surface area contributed by atoms with E-state index >= 15 is 0 Å². The lowest BCUT2D eigenvalue weighted by atomic mass is 10.1. The molecule has 0 bridgehead atoms. The van der Waals surface area contributed by atoms with Crippen LogP contribution in [0.2, 0.25) is 0 Å². The normalized spacial score (nSPS) is 14.5. The molecule has 27 heavy (non-hydrogen) atoms. The highest BCUT2D eigenvalue weighted by atomic mass is 32.2. The number of ether oxygens (including phenoxy) is 1. The summed E-state index contributed by atoms with van der Waals surface area (Å²) >= 11 is 0. The summed E-state index contributed by atoms with van der Waals surface area (Å²) in [6.07, 6.45) is 5.03. The number of hydrogen-bond donors (Lipinski definition) is 2. The van der Waals surface area contributed by atoms with Gasteiger partial charge in [-0.25, -0.2) is 22.2 Å². The van der Waals surface area contributed by atoms with Gasteiger partial charge in [-0.2, -0.15) is 0 Å². The van der Waals surface area contributed by atoms with Crippen molar-refractivity contribution in [2.24, 2.45) is 0 Å². The Bertz CT molecular complexity index is 911. The van der Waals surface area contributed by atoms with Crippen LogP contribution in [0.1, 0.15) is 12.8 Å². The van der Waals surface area contributed by atoms with Gasteiger partial charge in [-0.15, -0.1) is 0 Å². The Kier molecular flexibility index (Phi) is 6.02. The first kappa shape index (κ1) is 19.2. The average molecular weight is 395 g/mol. The van der Waals surface area contributed by atoms with E-state index in [4.69, 9.17) is 4.74 Å². The number of anilines is 2. The molecule has 2 heterocycles. The molecule has 1 aliphatic rings. The van der Waals surface area contributed by atoms with Gasteiger partial charge >= 0.3 is 0 Å². The molecule has 0 radical (unpaired) electrons. The minimum atomic E-state index is -4.00. The molecule has 0 unspecified atom stereocenters. The number of rotatable bonds is 7. The van der Waals surface area contributed by atoms with Crippen LogP contribution in [0.25, 0.3) is 0 Å². The molecule has 1 aromatic carbocycles. The predicted octanol–water partition coefficient (Wildman–Crippen LogP) is 3.31. The second-order valence-electron chi connectivity index (χ2n) is 6.01. The summed E-state index contributed by atoms with van der Waals surface area (Å²) in [6, 6.07) is 5.38. The first-order valence-electron chi connectivity index (χ1n) is 8.37. The molecular formula is C18H19F2N3O3S. The second-order valence-corrected chi connectivity index (χ2v) is 7.69. The van der Waals surface area contributed by atoms with Crippen molar-refractivity contribution in [3.8, 4) is 0 Å². The van der Waals surface area contributed by atoms with E-state index in [2.05, 4.69) is 21.1 Å². The van der Waals surface area contributed by atoms with Crippen molar-refractivity contribution in [2.45, 2.75) is 17.7 Å². The van der Waals surface area contributed by atoms with E-state index in [1.165, 1.54) is 17.8 Å². The Hall–Kier alpha value is -2.52. The third-order valence-electron chi connectivity index (χ3n) is 3.97. The summed E-state index contributed by atoms with van der Waals surface area (Å²) in [5, 5.41) is 3.13. The Balaban J connectivity index is 1.60. The van der Waals surface area contributed by atoms with E-state index in [-0.39, 0.29) is 10.6 Å². The first-order valence-corrected chi connectivity index (χ1v) is 9.85. The van der Waals surface area contributed by atoms with Gasteiger partial charge in [0.2, 0.25) is 0 Å². The van der Waals surface area contributed by atoms with Gasteiger partial charge in [-0.1, -0.05) is 11.6 Å². The van der Waals surface area contributed by atoms with E-state index in [9.17, 15) is 17.2 Å². The smallest absolute Gasteiger partial charge is 0.263 e. The molecule has 3 rings (SSSR count).